The smallest absolute Gasteiger partial charge is 0.425 e. The van der Waals surface area contributed by atoms with Gasteiger partial charge in [-0.3, -0.25) is 9.59 Å². The summed E-state index contributed by atoms with van der Waals surface area (Å²) in [5.74, 6) is -1.39. The number of carbonyl (C=O) groups excluding carboxylic acids is 3. The number of rotatable bonds is 4. The Kier molecular flexibility index (Phi) is 6.93. The molecule has 1 saturated carbocycles. The van der Waals surface area contributed by atoms with Crippen molar-refractivity contribution in [3.63, 3.8) is 0 Å². The summed E-state index contributed by atoms with van der Waals surface area (Å²) in [5.41, 5.74) is 0.772. The van der Waals surface area contributed by atoms with Gasteiger partial charge in [0.1, 0.15) is 10.5 Å². The van der Waals surface area contributed by atoms with Crippen molar-refractivity contribution in [2.75, 3.05) is 39.8 Å². The molecule has 1 aliphatic carbocycles. The lowest BCUT2D eigenvalue weighted by molar-refractivity contribution is -0.144. The van der Waals surface area contributed by atoms with Crippen LogP contribution in [0.25, 0.3) is 0 Å². The van der Waals surface area contributed by atoms with Crippen molar-refractivity contribution >= 4 is 29.1 Å². The number of hydrogen-bond acceptors (Lipinski definition) is 6. The zero-order chi connectivity index (χ0) is 24.6. The molecule has 2 amide bonds. The summed E-state index contributed by atoms with van der Waals surface area (Å²) >= 11 is 0.445. The van der Waals surface area contributed by atoms with Gasteiger partial charge in [0.25, 0.3) is 11.8 Å². The second kappa shape index (κ2) is 9.59. The van der Waals surface area contributed by atoms with Gasteiger partial charge in [-0.25, -0.2) is 4.79 Å². The van der Waals surface area contributed by atoms with Crippen LogP contribution in [0.2, 0.25) is 0 Å². The molecule has 0 spiro atoms. The minimum atomic E-state index is -4.48. The molecule has 0 radical (unpaired) electrons. The Morgan fingerprint density at radius 2 is 1.79 bits per heavy atom. The van der Waals surface area contributed by atoms with E-state index in [0.29, 0.717) is 43.2 Å². The molecule has 1 saturated heterocycles. The zero-order valence-corrected chi connectivity index (χ0v) is 20.0. The maximum absolute atomic E-state index is 13.2. The minimum absolute atomic E-state index is 0.0148. The van der Waals surface area contributed by atoms with Gasteiger partial charge in [-0.1, -0.05) is 12.8 Å². The lowest BCUT2D eigenvalue weighted by Crippen LogP contribution is -2.56. The third kappa shape index (κ3) is 4.54. The number of ether oxygens (including phenoxy) is 1. The van der Waals surface area contributed by atoms with Gasteiger partial charge in [0.2, 0.25) is 0 Å². The molecule has 2 fully saturated rings. The zero-order valence-electron chi connectivity index (χ0n) is 19.2. The Hall–Kier alpha value is -2.56. The van der Waals surface area contributed by atoms with E-state index < -0.39 is 22.9 Å². The normalized spacial score (nSPS) is 23.8. The summed E-state index contributed by atoms with van der Waals surface area (Å²) in [4.78, 5) is 43.2. The third-order valence-corrected chi connectivity index (χ3v) is 7.97. The lowest BCUT2D eigenvalue weighted by Gasteiger charge is -2.48. The van der Waals surface area contributed by atoms with E-state index in [1.54, 1.807) is 18.9 Å². The SMILES string of the molecule is CCOC(=O)C1=C(N2CCN(C(=O)c3ccc(C(F)(F)F)s3)CC2)C2CCCCC2N(C)C1=O. The number of likely N-dealkylation sites (N-methyl/N-ethyl adjacent to an activating group) is 1. The number of thiophene rings is 1. The van der Waals surface area contributed by atoms with E-state index >= 15 is 0 Å². The number of esters is 1. The first-order valence-electron chi connectivity index (χ1n) is 11.5. The summed E-state index contributed by atoms with van der Waals surface area (Å²) in [6.07, 6.45) is -0.736. The molecule has 4 rings (SSSR count). The number of piperazine rings is 1. The Morgan fingerprint density at radius 1 is 1.12 bits per heavy atom. The molecule has 2 atom stereocenters. The largest absolute Gasteiger partial charge is 0.462 e. The van der Waals surface area contributed by atoms with Crippen LogP contribution in [0.3, 0.4) is 0 Å². The topological polar surface area (TPSA) is 70.2 Å². The van der Waals surface area contributed by atoms with Crippen molar-refractivity contribution in [1.82, 2.24) is 14.7 Å². The molecule has 1 aromatic heterocycles. The molecule has 0 aromatic carbocycles. The predicted molar refractivity (Wildman–Crippen MR) is 119 cm³/mol. The van der Waals surface area contributed by atoms with Gasteiger partial charge in [-0.05, 0) is 31.9 Å². The first-order chi connectivity index (χ1) is 16.1. The van der Waals surface area contributed by atoms with Crippen molar-refractivity contribution in [2.24, 2.45) is 5.92 Å². The highest BCUT2D eigenvalue weighted by atomic mass is 32.1. The van der Waals surface area contributed by atoms with Crippen LogP contribution in [0.1, 0.15) is 47.2 Å². The van der Waals surface area contributed by atoms with Gasteiger partial charge in [0.05, 0.1) is 11.5 Å². The fourth-order valence-electron chi connectivity index (χ4n) is 5.21. The van der Waals surface area contributed by atoms with Crippen molar-refractivity contribution < 1.29 is 32.3 Å². The van der Waals surface area contributed by atoms with Crippen LogP contribution in [0, 0.1) is 5.92 Å². The molecule has 1 aromatic rings. The Bertz CT molecular complexity index is 998. The van der Waals surface area contributed by atoms with Crippen LogP contribution < -0.4 is 0 Å². The third-order valence-electron chi connectivity index (χ3n) is 6.85. The van der Waals surface area contributed by atoms with E-state index in [9.17, 15) is 27.6 Å². The van der Waals surface area contributed by atoms with E-state index in [-0.39, 0.29) is 34.9 Å². The maximum Gasteiger partial charge on any atom is 0.425 e. The molecule has 3 aliphatic rings. The van der Waals surface area contributed by atoms with Gasteiger partial charge >= 0.3 is 12.1 Å². The fourth-order valence-corrected chi connectivity index (χ4v) is 6.06. The molecule has 7 nitrogen and oxygen atoms in total. The van der Waals surface area contributed by atoms with Crippen LogP contribution >= 0.6 is 11.3 Å². The predicted octanol–water partition coefficient (Wildman–Crippen LogP) is 3.37. The highest BCUT2D eigenvalue weighted by Gasteiger charge is 2.46. The molecule has 0 N–H and O–H groups in total. The lowest BCUT2D eigenvalue weighted by atomic mass is 9.76. The summed E-state index contributed by atoms with van der Waals surface area (Å²) < 4.78 is 44.0. The molecule has 34 heavy (non-hydrogen) atoms. The maximum atomic E-state index is 13.2. The Labute approximate surface area is 200 Å². The van der Waals surface area contributed by atoms with E-state index in [1.807, 2.05) is 4.90 Å². The summed E-state index contributed by atoms with van der Waals surface area (Å²) in [6.45, 7) is 3.21. The average molecular weight is 500 g/mol. The van der Waals surface area contributed by atoms with Crippen molar-refractivity contribution in [3.8, 4) is 0 Å². The van der Waals surface area contributed by atoms with Crippen LogP contribution in [0.15, 0.2) is 23.4 Å². The molecular formula is C23H28F3N3O4S. The second-order valence-electron chi connectivity index (χ2n) is 8.80. The molecule has 2 aliphatic heterocycles. The molecule has 11 heteroatoms. The number of alkyl halides is 3. The van der Waals surface area contributed by atoms with Gasteiger partial charge in [-0.2, -0.15) is 13.2 Å². The van der Waals surface area contributed by atoms with Crippen LogP contribution in [-0.2, 0) is 20.5 Å². The molecular weight excluding hydrogens is 471 g/mol. The first-order valence-corrected chi connectivity index (χ1v) is 12.3. The van der Waals surface area contributed by atoms with E-state index in [4.69, 9.17) is 4.74 Å². The quantitative estimate of drug-likeness (QED) is 0.469. The average Bonchev–Trinajstić information content (AvgIpc) is 3.32. The number of nitrogens with zero attached hydrogens (tertiary/aromatic N) is 3. The van der Waals surface area contributed by atoms with E-state index in [2.05, 4.69) is 0 Å². The number of halogens is 3. The number of fused-ring (bicyclic) bond motifs is 1. The Morgan fingerprint density at radius 3 is 2.41 bits per heavy atom. The second-order valence-corrected chi connectivity index (χ2v) is 9.88. The molecule has 186 valence electrons. The van der Waals surface area contributed by atoms with Gasteiger partial charge < -0.3 is 19.4 Å². The van der Waals surface area contributed by atoms with Crippen LogP contribution in [0.4, 0.5) is 13.2 Å². The number of hydrogen-bond donors (Lipinski definition) is 0. The standard InChI is InChI=1S/C23H28F3N3O4S/c1-3-33-22(32)18-19(14-6-4-5-7-15(14)27(2)21(18)31)28-10-12-29(13-11-28)20(30)16-8-9-17(34-16)23(24,25)26/h8-9,14-15H,3-7,10-13H2,1-2H3. The molecule has 2 unspecified atom stereocenters. The summed E-state index contributed by atoms with van der Waals surface area (Å²) in [6, 6.07) is 2.16. The van der Waals surface area contributed by atoms with Gasteiger partial charge in [-0.15, -0.1) is 11.3 Å². The first kappa shape index (κ1) is 24.6. The highest BCUT2D eigenvalue weighted by Crippen LogP contribution is 2.41. The van der Waals surface area contributed by atoms with Crippen LogP contribution in [-0.4, -0.2) is 78.4 Å². The van der Waals surface area contributed by atoms with Gasteiger partial charge in [0.15, 0.2) is 0 Å². The van der Waals surface area contributed by atoms with Crippen molar-refractivity contribution in [1.29, 1.82) is 0 Å². The Balaban J connectivity index is 1.56. The molecule has 0 bridgehead atoms. The monoisotopic (exact) mass is 499 g/mol. The van der Waals surface area contributed by atoms with E-state index in [1.165, 1.54) is 11.0 Å². The summed E-state index contributed by atoms with van der Waals surface area (Å²) in [7, 11) is 1.73. The fraction of sp³-hybridized carbons (Fsp3) is 0.609. The number of carbonyl (C=O) groups is 3. The minimum Gasteiger partial charge on any atom is -0.462 e. The van der Waals surface area contributed by atoms with Crippen molar-refractivity contribution in [2.45, 2.75) is 44.8 Å². The van der Waals surface area contributed by atoms with Crippen LogP contribution in [0.5, 0.6) is 0 Å². The summed E-state index contributed by atoms with van der Waals surface area (Å²) in [5, 5.41) is 0. The van der Waals surface area contributed by atoms with E-state index in [0.717, 1.165) is 31.7 Å². The van der Waals surface area contributed by atoms with Gasteiger partial charge in [0, 0.05) is 50.9 Å². The molecule has 3 heterocycles. The highest BCUT2D eigenvalue weighted by molar-refractivity contribution is 7.14. The number of amides is 2. The van der Waals surface area contributed by atoms with Crippen molar-refractivity contribution in [3.05, 3.63) is 33.2 Å².